The highest BCUT2D eigenvalue weighted by molar-refractivity contribution is 6.33. The second-order valence-electron chi connectivity index (χ2n) is 5.59. The maximum absolute atomic E-state index is 12.7. The smallest absolute Gasteiger partial charge is 0.350 e. The van der Waals surface area contributed by atoms with Crippen LogP contribution in [-0.4, -0.2) is 17.9 Å². The van der Waals surface area contributed by atoms with Gasteiger partial charge in [-0.15, -0.1) is 0 Å². The van der Waals surface area contributed by atoms with Crippen LogP contribution in [0.4, 0.5) is 13.2 Å². The molecular formula is C18H16ClF3N2O2. The lowest BCUT2D eigenvalue weighted by Crippen LogP contribution is -2.44. The van der Waals surface area contributed by atoms with Gasteiger partial charge in [-0.25, -0.2) is 0 Å². The highest BCUT2D eigenvalue weighted by atomic mass is 35.5. The maximum atomic E-state index is 12.7. The summed E-state index contributed by atoms with van der Waals surface area (Å²) in [5, 5.41) is 5.24. The Labute approximate surface area is 153 Å². The lowest BCUT2D eigenvalue weighted by molar-refractivity contribution is -0.137. The fourth-order valence-corrected chi connectivity index (χ4v) is 2.41. The first-order valence-electron chi connectivity index (χ1n) is 7.67. The van der Waals surface area contributed by atoms with Crippen molar-refractivity contribution in [1.29, 1.82) is 0 Å². The molecule has 0 fully saturated rings. The van der Waals surface area contributed by atoms with Crippen LogP contribution in [0, 0.1) is 0 Å². The summed E-state index contributed by atoms with van der Waals surface area (Å²) < 4.78 is 38.1. The number of hydrogen-bond acceptors (Lipinski definition) is 2. The normalized spacial score (nSPS) is 12.3. The van der Waals surface area contributed by atoms with Crippen molar-refractivity contribution in [2.45, 2.75) is 25.7 Å². The van der Waals surface area contributed by atoms with Crippen LogP contribution in [0.2, 0.25) is 5.02 Å². The van der Waals surface area contributed by atoms with Crippen LogP contribution in [0.25, 0.3) is 0 Å². The summed E-state index contributed by atoms with van der Waals surface area (Å²) in [6.45, 7) is 1.38. The Kier molecular flexibility index (Phi) is 6.26. The van der Waals surface area contributed by atoms with Crippen LogP contribution in [-0.2, 0) is 17.5 Å². The molecule has 138 valence electrons. The van der Waals surface area contributed by atoms with Crippen LogP contribution in [0.3, 0.4) is 0 Å². The molecule has 2 rings (SSSR count). The molecule has 0 saturated carbocycles. The van der Waals surface area contributed by atoms with E-state index < -0.39 is 29.6 Å². The lowest BCUT2D eigenvalue weighted by atomic mass is 10.1. The quantitative estimate of drug-likeness (QED) is 0.824. The number of carbonyl (C=O) groups excluding carboxylic acids is 2. The summed E-state index contributed by atoms with van der Waals surface area (Å²) in [5.74, 6) is -1.04. The molecule has 26 heavy (non-hydrogen) atoms. The van der Waals surface area contributed by atoms with Gasteiger partial charge in [0, 0.05) is 6.54 Å². The molecule has 0 radical (unpaired) electrons. The summed E-state index contributed by atoms with van der Waals surface area (Å²) in [6.07, 6.45) is -4.45. The molecule has 1 atom stereocenters. The van der Waals surface area contributed by atoms with Crippen LogP contribution in [0.1, 0.15) is 28.4 Å². The summed E-state index contributed by atoms with van der Waals surface area (Å²) in [4.78, 5) is 24.2. The number of amides is 2. The molecule has 0 bridgehead atoms. The van der Waals surface area contributed by atoms with Gasteiger partial charge in [0.1, 0.15) is 6.04 Å². The summed E-state index contributed by atoms with van der Waals surface area (Å²) in [7, 11) is 0. The molecular weight excluding hydrogens is 369 g/mol. The Balaban J connectivity index is 1.94. The Morgan fingerprint density at radius 2 is 1.81 bits per heavy atom. The Bertz CT molecular complexity index is 809. The first-order valence-corrected chi connectivity index (χ1v) is 8.05. The van der Waals surface area contributed by atoms with Crippen LogP contribution in [0.5, 0.6) is 0 Å². The van der Waals surface area contributed by atoms with Crippen molar-refractivity contribution < 1.29 is 22.8 Å². The van der Waals surface area contributed by atoms with Crippen molar-refractivity contribution in [3.8, 4) is 0 Å². The minimum Gasteiger partial charge on any atom is -0.350 e. The van der Waals surface area contributed by atoms with Crippen LogP contribution >= 0.6 is 11.6 Å². The highest BCUT2D eigenvalue weighted by Crippen LogP contribution is 2.29. The van der Waals surface area contributed by atoms with Gasteiger partial charge in [0.05, 0.1) is 16.1 Å². The molecule has 0 spiro atoms. The lowest BCUT2D eigenvalue weighted by Gasteiger charge is -2.15. The summed E-state index contributed by atoms with van der Waals surface area (Å²) >= 11 is 5.92. The van der Waals surface area contributed by atoms with Crippen LogP contribution < -0.4 is 10.6 Å². The third-order valence-corrected chi connectivity index (χ3v) is 3.91. The zero-order chi connectivity index (χ0) is 19.3. The third kappa shape index (κ3) is 5.23. The minimum atomic E-state index is -4.45. The molecule has 2 N–H and O–H groups in total. The number of rotatable bonds is 5. The van der Waals surface area contributed by atoms with Crippen molar-refractivity contribution in [3.05, 3.63) is 70.2 Å². The number of halogens is 4. The number of carbonyl (C=O) groups is 2. The average Bonchev–Trinajstić information content (AvgIpc) is 2.59. The molecule has 0 aliphatic carbocycles. The summed E-state index contributed by atoms with van der Waals surface area (Å²) in [5.41, 5.74) is -0.256. The molecule has 2 amide bonds. The highest BCUT2D eigenvalue weighted by Gasteiger charge is 2.30. The first-order chi connectivity index (χ1) is 12.2. The van der Waals surface area contributed by atoms with E-state index in [1.807, 2.05) is 0 Å². The fraction of sp³-hybridized carbons (Fsp3) is 0.222. The van der Waals surface area contributed by atoms with Gasteiger partial charge in [-0.2, -0.15) is 13.2 Å². The van der Waals surface area contributed by atoms with Gasteiger partial charge in [0.15, 0.2) is 0 Å². The van der Waals surface area contributed by atoms with Crippen molar-refractivity contribution in [2.75, 3.05) is 0 Å². The molecule has 2 aromatic rings. The van der Waals surface area contributed by atoms with Gasteiger partial charge in [0.2, 0.25) is 5.91 Å². The number of alkyl halides is 3. The molecule has 0 heterocycles. The van der Waals surface area contributed by atoms with E-state index in [9.17, 15) is 22.8 Å². The van der Waals surface area contributed by atoms with Gasteiger partial charge >= 0.3 is 6.18 Å². The van der Waals surface area contributed by atoms with E-state index in [1.54, 1.807) is 18.2 Å². The Hall–Kier alpha value is -2.54. The van der Waals surface area contributed by atoms with Crippen molar-refractivity contribution in [3.63, 3.8) is 0 Å². The topological polar surface area (TPSA) is 58.2 Å². The predicted molar refractivity (Wildman–Crippen MR) is 91.7 cm³/mol. The predicted octanol–water partition coefficient (Wildman–Crippen LogP) is 3.79. The van der Waals surface area contributed by atoms with E-state index >= 15 is 0 Å². The van der Waals surface area contributed by atoms with E-state index in [1.165, 1.54) is 25.1 Å². The van der Waals surface area contributed by atoms with E-state index in [-0.39, 0.29) is 17.1 Å². The number of hydrogen-bond donors (Lipinski definition) is 2. The molecule has 2 aromatic carbocycles. The molecule has 0 aromatic heterocycles. The van der Waals surface area contributed by atoms with Gasteiger partial charge in [-0.3, -0.25) is 9.59 Å². The molecule has 8 heteroatoms. The molecule has 4 nitrogen and oxygen atoms in total. The van der Waals surface area contributed by atoms with Gasteiger partial charge in [-0.1, -0.05) is 35.9 Å². The Morgan fingerprint density at radius 3 is 2.46 bits per heavy atom. The van der Waals surface area contributed by atoms with Crippen molar-refractivity contribution in [2.24, 2.45) is 0 Å². The standard InChI is InChI=1S/C18H16ClF3N2O2/c1-11(24-17(26)14-7-2-3-8-15(14)19)16(25)23-10-12-5-4-6-13(9-12)18(20,21)22/h2-9,11H,10H2,1H3,(H,23,25)(H,24,26)/t11-/m0/s1. The van der Waals surface area contributed by atoms with Gasteiger partial charge in [-0.05, 0) is 36.8 Å². The number of benzene rings is 2. The van der Waals surface area contributed by atoms with E-state index in [2.05, 4.69) is 10.6 Å². The molecule has 0 aliphatic heterocycles. The van der Waals surface area contributed by atoms with Gasteiger partial charge < -0.3 is 10.6 Å². The SMILES string of the molecule is C[C@H](NC(=O)c1ccccc1Cl)C(=O)NCc1cccc(C(F)(F)F)c1. The zero-order valence-corrected chi connectivity index (χ0v) is 14.5. The fourth-order valence-electron chi connectivity index (χ4n) is 2.19. The second kappa shape index (κ2) is 8.23. The molecule has 0 aliphatic rings. The van der Waals surface area contributed by atoms with Crippen LogP contribution in [0.15, 0.2) is 48.5 Å². The maximum Gasteiger partial charge on any atom is 0.416 e. The minimum absolute atomic E-state index is 0.0882. The first kappa shape index (κ1) is 19.8. The summed E-state index contributed by atoms with van der Waals surface area (Å²) in [6, 6.07) is 10.2. The monoisotopic (exact) mass is 384 g/mol. The molecule has 0 saturated heterocycles. The van der Waals surface area contributed by atoms with E-state index in [4.69, 9.17) is 11.6 Å². The molecule has 0 unspecified atom stereocenters. The van der Waals surface area contributed by atoms with E-state index in [0.717, 1.165) is 12.1 Å². The zero-order valence-electron chi connectivity index (χ0n) is 13.7. The van der Waals surface area contributed by atoms with Crippen molar-refractivity contribution >= 4 is 23.4 Å². The largest absolute Gasteiger partial charge is 0.416 e. The van der Waals surface area contributed by atoms with Crippen molar-refractivity contribution in [1.82, 2.24) is 10.6 Å². The van der Waals surface area contributed by atoms with Gasteiger partial charge in [0.25, 0.3) is 5.91 Å². The Morgan fingerprint density at radius 1 is 1.12 bits per heavy atom. The number of nitrogens with one attached hydrogen (secondary N) is 2. The average molecular weight is 385 g/mol. The third-order valence-electron chi connectivity index (χ3n) is 3.58. The van der Waals surface area contributed by atoms with E-state index in [0.29, 0.717) is 5.56 Å². The second-order valence-corrected chi connectivity index (χ2v) is 6.00.